The van der Waals surface area contributed by atoms with Crippen molar-refractivity contribution in [3.8, 4) is 39.1 Å². The number of anilines is 3. The maximum atomic E-state index is 6.44. The van der Waals surface area contributed by atoms with E-state index in [1.807, 2.05) is 6.07 Å². The zero-order valence-electron chi connectivity index (χ0n) is 29.9. The van der Waals surface area contributed by atoms with Gasteiger partial charge in [-0.05, 0) is 113 Å². The predicted octanol–water partition coefficient (Wildman–Crippen LogP) is 14.3. The Kier molecular flexibility index (Phi) is 7.70. The quantitative estimate of drug-likeness (QED) is 0.166. The normalized spacial score (nSPS) is 11.4. The highest BCUT2D eigenvalue weighted by Crippen LogP contribution is 2.40. The van der Waals surface area contributed by atoms with Crippen LogP contribution in [-0.2, 0) is 0 Å². The fraction of sp³-hybridized carbons (Fsp3) is 0.0196. The fourth-order valence-electron chi connectivity index (χ4n) is 7.77. The van der Waals surface area contributed by atoms with Gasteiger partial charge in [0.1, 0.15) is 11.1 Å². The minimum Gasteiger partial charge on any atom is -0.454 e. The second kappa shape index (κ2) is 13.1. The number of furan rings is 1. The Morgan fingerprint density at radius 2 is 0.852 bits per heavy atom. The summed E-state index contributed by atoms with van der Waals surface area (Å²) in [5.41, 5.74) is 16.9. The van der Waals surface area contributed by atoms with Gasteiger partial charge in [-0.2, -0.15) is 0 Å². The maximum absolute atomic E-state index is 6.44. The molecule has 3 heteroatoms. The molecule has 0 aliphatic rings. The van der Waals surface area contributed by atoms with Crippen molar-refractivity contribution in [1.82, 2.24) is 4.57 Å². The Morgan fingerprint density at radius 3 is 1.37 bits per heavy atom. The number of para-hydroxylation sites is 1. The molecule has 10 rings (SSSR count). The summed E-state index contributed by atoms with van der Waals surface area (Å²) in [6.07, 6.45) is 0. The molecule has 8 aromatic carbocycles. The van der Waals surface area contributed by atoms with Crippen LogP contribution in [0.25, 0.3) is 72.0 Å². The first-order valence-corrected chi connectivity index (χ1v) is 18.4. The molecule has 0 spiro atoms. The van der Waals surface area contributed by atoms with Gasteiger partial charge in [-0.3, -0.25) is 0 Å². The van der Waals surface area contributed by atoms with Gasteiger partial charge < -0.3 is 13.9 Å². The third-order valence-electron chi connectivity index (χ3n) is 10.5. The van der Waals surface area contributed by atoms with Crippen LogP contribution in [0.4, 0.5) is 17.1 Å². The van der Waals surface area contributed by atoms with Gasteiger partial charge in [-0.25, -0.2) is 0 Å². The summed E-state index contributed by atoms with van der Waals surface area (Å²) in [6, 6.07) is 71.5. The van der Waals surface area contributed by atoms with Crippen LogP contribution in [0.2, 0.25) is 0 Å². The SMILES string of the molecule is Cc1ccc2c(c1)c1oc3ccccc3c1n2-c1ccc(-c2ccc(N(c3ccc(-c4ccccc4)cc3)c3ccc(-c4ccccc4)cc3)cc2)cc1. The third-order valence-corrected chi connectivity index (χ3v) is 10.5. The molecule has 54 heavy (non-hydrogen) atoms. The second-order valence-corrected chi connectivity index (χ2v) is 13.9. The molecule has 3 nitrogen and oxygen atoms in total. The summed E-state index contributed by atoms with van der Waals surface area (Å²) in [5.74, 6) is 0. The Morgan fingerprint density at radius 1 is 0.407 bits per heavy atom. The van der Waals surface area contributed by atoms with Crippen molar-refractivity contribution in [3.63, 3.8) is 0 Å². The summed E-state index contributed by atoms with van der Waals surface area (Å²) in [6.45, 7) is 2.13. The number of fused-ring (bicyclic) bond motifs is 5. The molecule has 2 aromatic heterocycles. The molecular formula is C51H36N2O. The summed E-state index contributed by atoms with van der Waals surface area (Å²) in [5, 5.41) is 2.25. The molecule has 256 valence electrons. The number of nitrogens with zero attached hydrogens (tertiary/aromatic N) is 2. The molecule has 0 aliphatic carbocycles. The topological polar surface area (TPSA) is 21.3 Å². The van der Waals surface area contributed by atoms with Gasteiger partial charge in [-0.15, -0.1) is 0 Å². The number of hydrogen-bond acceptors (Lipinski definition) is 2. The van der Waals surface area contributed by atoms with Gasteiger partial charge >= 0.3 is 0 Å². The van der Waals surface area contributed by atoms with Gasteiger partial charge in [-0.1, -0.05) is 133 Å². The van der Waals surface area contributed by atoms with E-state index in [2.05, 4.69) is 211 Å². The number of rotatable bonds is 7. The lowest BCUT2D eigenvalue weighted by Crippen LogP contribution is -2.09. The highest BCUT2D eigenvalue weighted by molar-refractivity contribution is 6.16. The molecule has 0 amide bonds. The average molecular weight is 693 g/mol. The van der Waals surface area contributed by atoms with Crippen molar-refractivity contribution in [1.29, 1.82) is 0 Å². The minimum atomic E-state index is 0.907. The first-order valence-electron chi connectivity index (χ1n) is 18.4. The predicted molar refractivity (Wildman–Crippen MR) is 226 cm³/mol. The van der Waals surface area contributed by atoms with E-state index in [1.54, 1.807) is 0 Å². The van der Waals surface area contributed by atoms with E-state index in [1.165, 1.54) is 27.8 Å². The van der Waals surface area contributed by atoms with Crippen LogP contribution in [-0.4, -0.2) is 4.57 Å². The van der Waals surface area contributed by atoms with Gasteiger partial charge in [0.25, 0.3) is 0 Å². The molecule has 0 fully saturated rings. The first kappa shape index (κ1) is 31.6. The van der Waals surface area contributed by atoms with Crippen molar-refractivity contribution < 1.29 is 4.42 Å². The lowest BCUT2D eigenvalue weighted by Gasteiger charge is -2.26. The van der Waals surface area contributed by atoms with Gasteiger partial charge in [0.15, 0.2) is 5.58 Å². The van der Waals surface area contributed by atoms with Crippen LogP contribution in [0.15, 0.2) is 205 Å². The van der Waals surface area contributed by atoms with Crippen molar-refractivity contribution in [2.75, 3.05) is 4.90 Å². The van der Waals surface area contributed by atoms with Crippen molar-refractivity contribution in [3.05, 3.63) is 206 Å². The smallest absolute Gasteiger partial charge is 0.161 e. The van der Waals surface area contributed by atoms with Crippen molar-refractivity contribution >= 4 is 50.0 Å². The largest absolute Gasteiger partial charge is 0.454 e. The van der Waals surface area contributed by atoms with E-state index in [0.717, 1.165) is 66.8 Å². The molecule has 0 bridgehead atoms. The average Bonchev–Trinajstić information content (AvgIpc) is 3.77. The van der Waals surface area contributed by atoms with E-state index in [-0.39, 0.29) is 0 Å². The molecule has 0 aliphatic heterocycles. The highest BCUT2D eigenvalue weighted by atomic mass is 16.3. The molecule has 10 aromatic rings. The van der Waals surface area contributed by atoms with Crippen molar-refractivity contribution in [2.45, 2.75) is 6.92 Å². The molecular weight excluding hydrogens is 657 g/mol. The third kappa shape index (κ3) is 5.55. The van der Waals surface area contributed by atoms with Crippen LogP contribution in [0.5, 0.6) is 0 Å². The fourth-order valence-corrected chi connectivity index (χ4v) is 7.77. The van der Waals surface area contributed by atoms with Crippen LogP contribution < -0.4 is 4.90 Å². The zero-order valence-corrected chi connectivity index (χ0v) is 29.9. The lowest BCUT2D eigenvalue weighted by molar-refractivity contribution is 0.672. The van der Waals surface area contributed by atoms with Crippen molar-refractivity contribution in [2.24, 2.45) is 0 Å². The van der Waals surface area contributed by atoms with E-state index in [9.17, 15) is 0 Å². The number of aromatic nitrogens is 1. The number of hydrogen-bond donors (Lipinski definition) is 0. The van der Waals surface area contributed by atoms with Gasteiger partial charge in [0, 0.05) is 33.5 Å². The minimum absolute atomic E-state index is 0.907. The molecule has 0 radical (unpaired) electrons. The molecule has 0 unspecified atom stereocenters. The number of aryl methyl sites for hydroxylation is 1. The van der Waals surface area contributed by atoms with Crippen LogP contribution >= 0.6 is 0 Å². The van der Waals surface area contributed by atoms with Gasteiger partial charge in [0.05, 0.1) is 5.52 Å². The van der Waals surface area contributed by atoms with E-state index in [0.29, 0.717) is 0 Å². The van der Waals surface area contributed by atoms with Crippen LogP contribution in [0.3, 0.4) is 0 Å². The van der Waals surface area contributed by atoms with Gasteiger partial charge in [0.2, 0.25) is 0 Å². The molecule has 0 saturated carbocycles. The standard InChI is InChI=1S/C51H36N2O/c1-35-16-33-48-47(34-35)51-50(46-14-8-9-15-49(46)54-51)53(48)45-31-23-41(24-32-45)40-21-29-44(30-22-40)52(42-25-17-38(18-26-42)36-10-4-2-5-11-36)43-27-19-39(20-28-43)37-12-6-3-7-13-37/h2-34H,1H3. The summed E-state index contributed by atoms with van der Waals surface area (Å²) >= 11 is 0. The summed E-state index contributed by atoms with van der Waals surface area (Å²) in [4.78, 5) is 2.33. The maximum Gasteiger partial charge on any atom is 0.161 e. The molecule has 2 heterocycles. The van der Waals surface area contributed by atoms with E-state index in [4.69, 9.17) is 4.42 Å². The summed E-state index contributed by atoms with van der Waals surface area (Å²) < 4.78 is 8.78. The lowest BCUT2D eigenvalue weighted by atomic mass is 10.0. The number of benzene rings is 8. The second-order valence-electron chi connectivity index (χ2n) is 13.9. The monoisotopic (exact) mass is 692 g/mol. The Bertz CT molecular complexity index is 2800. The van der Waals surface area contributed by atoms with E-state index >= 15 is 0 Å². The Balaban J connectivity index is 1.00. The Hall–Kier alpha value is -7.10. The molecule has 0 atom stereocenters. The zero-order chi connectivity index (χ0) is 36.0. The highest BCUT2D eigenvalue weighted by Gasteiger charge is 2.20. The summed E-state index contributed by atoms with van der Waals surface area (Å²) in [7, 11) is 0. The van der Waals surface area contributed by atoms with E-state index < -0.39 is 0 Å². The van der Waals surface area contributed by atoms with Crippen LogP contribution in [0, 0.1) is 6.92 Å². The molecule has 0 N–H and O–H groups in total. The molecule has 0 saturated heterocycles. The first-order chi connectivity index (χ1) is 26.7. The van der Waals surface area contributed by atoms with Crippen LogP contribution in [0.1, 0.15) is 5.56 Å². The Labute approximate surface area is 314 Å².